The van der Waals surface area contributed by atoms with Gasteiger partial charge in [0.05, 0.1) is 17.6 Å². The highest BCUT2D eigenvalue weighted by Crippen LogP contribution is 2.37. The van der Waals surface area contributed by atoms with Crippen molar-refractivity contribution in [1.29, 1.82) is 0 Å². The topological polar surface area (TPSA) is 63.9 Å². The molecule has 1 aliphatic rings. The van der Waals surface area contributed by atoms with Crippen molar-refractivity contribution >= 4 is 11.0 Å². The summed E-state index contributed by atoms with van der Waals surface area (Å²) in [4.78, 5) is 8.27. The summed E-state index contributed by atoms with van der Waals surface area (Å²) in [7, 11) is 0. The number of hydrogen-bond acceptors (Lipinski definition) is 3. The molecule has 0 radical (unpaired) electrons. The molecular formula is C17H17N3O. The van der Waals surface area contributed by atoms with Crippen molar-refractivity contribution in [2.75, 3.05) is 6.61 Å². The van der Waals surface area contributed by atoms with Gasteiger partial charge in [-0.15, -0.1) is 0 Å². The Morgan fingerprint density at radius 1 is 1.19 bits per heavy atom. The van der Waals surface area contributed by atoms with E-state index >= 15 is 0 Å². The molecule has 0 fully saturated rings. The summed E-state index contributed by atoms with van der Waals surface area (Å²) in [6.45, 7) is 1.23. The van der Waals surface area contributed by atoms with Gasteiger partial charge in [-0.1, -0.05) is 30.3 Å². The van der Waals surface area contributed by atoms with Gasteiger partial charge in [-0.3, -0.25) is 0 Å². The quantitative estimate of drug-likeness (QED) is 0.758. The molecule has 3 N–H and O–H groups in total. The number of nitrogens with two attached hydrogens (primary N) is 1. The van der Waals surface area contributed by atoms with Crippen LogP contribution in [0.3, 0.4) is 0 Å². The molecule has 1 aliphatic heterocycles. The number of nitrogens with one attached hydrogen (secondary N) is 1. The number of rotatable bonds is 2. The van der Waals surface area contributed by atoms with E-state index in [9.17, 15) is 0 Å². The fourth-order valence-corrected chi connectivity index (χ4v) is 3.07. The summed E-state index contributed by atoms with van der Waals surface area (Å²) in [5, 5.41) is 0. The fraction of sp³-hybridized carbons (Fsp3) is 0.235. The first-order valence-electron chi connectivity index (χ1n) is 7.26. The number of fused-ring (bicyclic) bond motifs is 2. The normalized spacial score (nSPS) is 17.5. The maximum Gasteiger partial charge on any atom is 0.123 e. The zero-order valence-electron chi connectivity index (χ0n) is 11.7. The van der Waals surface area contributed by atoms with Crippen LogP contribution in [0.4, 0.5) is 0 Å². The maximum absolute atomic E-state index is 5.81. The Labute approximate surface area is 123 Å². The molecule has 3 aromatic rings. The second-order valence-corrected chi connectivity index (χ2v) is 5.37. The van der Waals surface area contributed by atoms with E-state index in [0.717, 1.165) is 41.2 Å². The molecule has 1 aromatic heterocycles. The van der Waals surface area contributed by atoms with Crippen molar-refractivity contribution in [1.82, 2.24) is 9.97 Å². The zero-order chi connectivity index (χ0) is 14.2. The van der Waals surface area contributed by atoms with Crippen LogP contribution < -0.4 is 10.5 Å². The Bertz CT molecular complexity index is 794. The van der Waals surface area contributed by atoms with Crippen LogP contribution >= 0.6 is 0 Å². The van der Waals surface area contributed by atoms with E-state index in [-0.39, 0.29) is 5.92 Å². The lowest BCUT2D eigenvalue weighted by molar-refractivity contribution is 0.275. The number of nitrogens with zero attached hydrogens (tertiary/aromatic N) is 1. The minimum atomic E-state index is 0.257. The van der Waals surface area contributed by atoms with Gasteiger partial charge in [-0.25, -0.2) is 4.98 Å². The molecule has 106 valence electrons. The SMILES string of the molecule is NCc1cccc2[nH]c(C3CCOc4ccccc43)nc12. The van der Waals surface area contributed by atoms with Gasteiger partial charge < -0.3 is 15.5 Å². The molecule has 4 rings (SSSR count). The van der Waals surface area contributed by atoms with Crippen molar-refractivity contribution in [2.45, 2.75) is 18.9 Å². The molecule has 1 unspecified atom stereocenters. The van der Waals surface area contributed by atoms with Gasteiger partial charge in [0.2, 0.25) is 0 Å². The van der Waals surface area contributed by atoms with Gasteiger partial charge in [-0.05, 0) is 24.1 Å². The van der Waals surface area contributed by atoms with E-state index in [1.54, 1.807) is 0 Å². The number of aromatic amines is 1. The summed E-state index contributed by atoms with van der Waals surface area (Å²) in [6.07, 6.45) is 0.939. The lowest BCUT2D eigenvalue weighted by Crippen LogP contribution is -2.16. The van der Waals surface area contributed by atoms with Gasteiger partial charge in [0.25, 0.3) is 0 Å². The zero-order valence-corrected chi connectivity index (χ0v) is 11.7. The van der Waals surface area contributed by atoms with E-state index in [2.05, 4.69) is 23.2 Å². The Kier molecular flexibility index (Phi) is 2.89. The number of benzene rings is 2. The fourth-order valence-electron chi connectivity index (χ4n) is 3.07. The lowest BCUT2D eigenvalue weighted by Gasteiger charge is -2.24. The predicted molar refractivity (Wildman–Crippen MR) is 82.4 cm³/mol. The van der Waals surface area contributed by atoms with Crippen molar-refractivity contribution in [3.05, 3.63) is 59.4 Å². The van der Waals surface area contributed by atoms with Crippen LogP contribution in [-0.2, 0) is 6.54 Å². The van der Waals surface area contributed by atoms with E-state index in [1.807, 2.05) is 24.3 Å². The molecule has 0 aliphatic carbocycles. The van der Waals surface area contributed by atoms with Gasteiger partial charge >= 0.3 is 0 Å². The van der Waals surface area contributed by atoms with Gasteiger partial charge in [0.1, 0.15) is 11.6 Å². The third kappa shape index (κ3) is 1.99. The minimum absolute atomic E-state index is 0.257. The first-order valence-corrected chi connectivity index (χ1v) is 7.26. The first kappa shape index (κ1) is 12.4. The van der Waals surface area contributed by atoms with Gasteiger partial charge in [0.15, 0.2) is 0 Å². The van der Waals surface area contributed by atoms with Crippen LogP contribution in [0.5, 0.6) is 5.75 Å². The predicted octanol–water partition coefficient (Wildman–Crippen LogP) is 2.94. The molecule has 0 bridgehead atoms. The second kappa shape index (κ2) is 4.90. The van der Waals surface area contributed by atoms with Crippen molar-refractivity contribution in [3.8, 4) is 5.75 Å². The van der Waals surface area contributed by atoms with Crippen LogP contribution in [0, 0.1) is 0 Å². The number of hydrogen-bond donors (Lipinski definition) is 2. The van der Waals surface area contributed by atoms with Crippen molar-refractivity contribution < 1.29 is 4.74 Å². The molecular weight excluding hydrogens is 262 g/mol. The molecule has 21 heavy (non-hydrogen) atoms. The molecule has 4 nitrogen and oxygen atoms in total. The molecule has 0 amide bonds. The Hall–Kier alpha value is -2.33. The molecule has 2 heterocycles. The summed E-state index contributed by atoms with van der Waals surface area (Å²) in [5.74, 6) is 2.22. The van der Waals surface area contributed by atoms with Crippen molar-refractivity contribution in [3.63, 3.8) is 0 Å². The third-order valence-corrected chi connectivity index (χ3v) is 4.12. The molecule has 1 atom stereocenters. The molecule has 0 saturated carbocycles. The largest absolute Gasteiger partial charge is 0.493 e. The van der Waals surface area contributed by atoms with Crippen LogP contribution in [0.1, 0.15) is 29.3 Å². The lowest BCUT2D eigenvalue weighted by atomic mass is 9.92. The van der Waals surface area contributed by atoms with Crippen LogP contribution in [0.15, 0.2) is 42.5 Å². The summed E-state index contributed by atoms with van der Waals surface area (Å²) >= 11 is 0. The average Bonchev–Trinajstić information content (AvgIpc) is 2.98. The van der Waals surface area contributed by atoms with Gasteiger partial charge in [0, 0.05) is 18.0 Å². The maximum atomic E-state index is 5.81. The van der Waals surface area contributed by atoms with E-state index < -0.39 is 0 Å². The highest BCUT2D eigenvalue weighted by Gasteiger charge is 2.25. The Balaban J connectivity index is 1.84. The number of H-pyrrole nitrogens is 1. The average molecular weight is 279 g/mol. The number of ether oxygens (including phenoxy) is 1. The highest BCUT2D eigenvalue weighted by atomic mass is 16.5. The smallest absolute Gasteiger partial charge is 0.123 e. The molecule has 2 aromatic carbocycles. The molecule has 0 saturated heterocycles. The second-order valence-electron chi connectivity index (χ2n) is 5.37. The molecule has 0 spiro atoms. The molecule has 4 heteroatoms. The summed E-state index contributed by atoms with van der Waals surface area (Å²) < 4.78 is 5.73. The summed E-state index contributed by atoms with van der Waals surface area (Å²) in [5.41, 5.74) is 10.1. The van der Waals surface area contributed by atoms with Crippen LogP contribution in [0.25, 0.3) is 11.0 Å². The van der Waals surface area contributed by atoms with E-state index in [4.69, 9.17) is 15.5 Å². The standard InChI is InChI=1S/C17H17N3O/c18-10-11-4-3-6-14-16(11)20-17(19-14)13-8-9-21-15-7-2-1-5-12(13)15/h1-7,13H,8-10,18H2,(H,19,20). The van der Waals surface area contributed by atoms with E-state index in [0.29, 0.717) is 6.54 Å². The van der Waals surface area contributed by atoms with Crippen molar-refractivity contribution in [2.24, 2.45) is 5.73 Å². The van der Waals surface area contributed by atoms with Gasteiger partial charge in [-0.2, -0.15) is 0 Å². The number of aromatic nitrogens is 2. The summed E-state index contributed by atoms with van der Waals surface area (Å²) in [6, 6.07) is 14.3. The van der Waals surface area contributed by atoms with E-state index in [1.165, 1.54) is 5.56 Å². The monoisotopic (exact) mass is 279 g/mol. The Morgan fingerprint density at radius 3 is 3.00 bits per heavy atom. The first-order chi connectivity index (χ1) is 10.4. The van der Waals surface area contributed by atoms with Crippen LogP contribution in [-0.4, -0.2) is 16.6 Å². The number of para-hydroxylation sites is 2. The number of imidazole rings is 1. The van der Waals surface area contributed by atoms with Crippen LogP contribution in [0.2, 0.25) is 0 Å². The third-order valence-electron chi connectivity index (χ3n) is 4.12. The minimum Gasteiger partial charge on any atom is -0.493 e. The highest BCUT2D eigenvalue weighted by molar-refractivity contribution is 5.79. The Morgan fingerprint density at radius 2 is 2.10 bits per heavy atom.